The Morgan fingerprint density at radius 2 is 2.00 bits per heavy atom. The van der Waals surface area contributed by atoms with Crippen molar-refractivity contribution >= 4 is 17.3 Å². The number of carboxylic acid groups (broad SMARTS) is 1. The van der Waals surface area contributed by atoms with Gasteiger partial charge in [0.2, 0.25) is 0 Å². The molecule has 0 atom stereocenters. The van der Waals surface area contributed by atoms with Crippen LogP contribution in [0.15, 0.2) is 6.07 Å². The number of carbonyl (C=O) groups is 1. The van der Waals surface area contributed by atoms with Crippen molar-refractivity contribution < 1.29 is 61.3 Å². The van der Waals surface area contributed by atoms with Crippen LogP contribution in [0.4, 0.5) is 0 Å². The molecule has 0 aromatic carbocycles. The molecule has 1 heterocycles. The third-order valence-corrected chi connectivity index (χ3v) is 3.48. The first-order valence-electron chi connectivity index (χ1n) is 5.35. The van der Waals surface area contributed by atoms with Crippen molar-refractivity contribution in [1.29, 1.82) is 0 Å². The summed E-state index contributed by atoms with van der Waals surface area (Å²) in [6.45, 7) is 4.27. The zero-order chi connectivity index (χ0) is 11.3. The second-order valence-corrected chi connectivity index (χ2v) is 5.33. The molecule has 0 saturated heterocycles. The second-order valence-electron chi connectivity index (χ2n) is 3.87. The first kappa shape index (κ1) is 16.8. The maximum atomic E-state index is 10.2. The van der Waals surface area contributed by atoms with Crippen LogP contribution in [0.1, 0.15) is 41.0 Å². The number of hydrogen-bond donors (Lipinski definition) is 0. The second kappa shape index (κ2) is 8.83. The third kappa shape index (κ3) is 6.52. The Hall–Kier alpha value is 0.806. The van der Waals surface area contributed by atoms with E-state index in [2.05, 4.69) is 19.9 Å². The van der Waals surface area contributed by atoms with Crippen LogP contribution in [0.3, 0.4) is 0 Å². The average molecular weight is 264 g/mol. The van der Waals surface area contributed by atoms with Crippen molar-refractivity contribution in [1.82, 2.24) is 0 Å². The first-order valence-corrected chi connectivity index (χ1v) is 6.17. The topological polar surface area (TPSA) is 40.1 Å². The quantitative estimate of drug-likeness (QED) is 0.500. The number of aliphatic carboxylic acids is 1. The van der Waals surface area contributed by atoms with Gasteiger partial charge >= 0.3 is 51.4 Å². The molecule has 0 radical (unpaired) electrons. The normalized spacial score (nSPS) is 9.88. The molecule has 1 rings (SSSR count). The molecule has 0 aliphatic heterocycles. The van der Waals surface area contributed by atoms with Gasteiger partial charge in [-0.1, -0.05) is 6.42 Å². The van der Waals surface area contributed by atoms with Crippen molar-refractivity contribution in [3.8, 4) is 0 Å². The molecule has 16 heavy (non-hydrogen) atoms. The van der Waals surface area contributed by atoms with E-state index in [0.717, 1.165) is 25.7 Å². The minimum atomic E-state index is -0.933. The minimum absolute atomic E-state index is 0. The molecule has 84 valence electrons. The number of unbranched alkanes of at least 4 members (excludes halogenated alkanes) is 2. The van der Waals surface area contributed by atoms with E-state index in [1.54, 1.807) is 0 Å². The molecule has 2 nitrogen and oxygen atoms in total. The van der Waals surface area contributed by atoms with Crippen LogP contribution < -0.4 is 56.5 Å². The van der Waals surface area contributed by atoms with E-state index in [1.165, 1.54) is 15.3 Å². The summed E-state index contributed by atoms with van der Waals surface area (Å²) in [6, 6.07) is 2.23. The molecule has 0 amide bonds. The Kier molecular flexibility index (Phi) is 9.28. The molecule has 0 unspecified atom stereocenters. The fourth-order valence-corrected chi connectivity index (χ4v) is 2.67. The zero-order valence-electron chi connectivity index (χ0n) is 10.3. The van der Waals surface area contributed by atoms with Gasteiger partial charge in [0.1, 0.15) is 0 Å². The summed E-state index contributed by atoms with van der Waals surface area (Å²) in [5, 5.41) is 10.2. The summed E-state index contributed by atoms with van der Waals surface area (Å²) in [4.78, 5) is 12.9. The summed E-state index contributed by atoms with van der Waals surface area (Å²) in [5.74, 6) is -0.933. The number of aryl methyl sites for hydroxylation is 3. The van der Waals surface area contributed by atoms with Crippen LogP contribution in [0.2, 0.25) is 0 Å². The molecule has 0 aliphatic carbocycles. The Morgan fingerprint density at radius 3 is 2.50 bits per heavy atom. The summed E-state index contributed by atoms with van der Waals surface area (Å²) >= 11 is 1.83. The van der Waals surface area contributed by atoms with Crippen molar-refractivity contribution in [2.24, 2.45) is 0 Å². The largest absolute Gasteiger partial charge is 1.00 e. The third-order valence-electron chi connectivity index (χ3n) is 2.47. The number of hydrogen-bond acceptors (Lipinski definition) is 3. The Labute approximate surface area is 144 Å². The van der Waals surface area contributed by atoms with Crippen LogP contribution in [0.25, 0.3) is 0 Å². The molecule has 1 aromatic heterocycles. The number of thiophene rings is 1. The standard InChI is InChI=1S/C12H18O2S.K/c1-9-8-11(10(2)15-9)6-4-3-5-7-12(13)14;/h8H,3-7H2,1-2H3,(H,13,14);/q;+1/p-1. The van der Waals surface area contributed by atoms with Gasteiger partial charge in [0.15, 0.2) is 0 Å². The molecule has 0 aliphatic rings. The van der Waals surface area contributed by atoms with Gasteiger partial charge in [0.05, 0.1) is 0 Å². The number of carboxylic acids is 1. The van der Waals surface area contributed by atoms with Crippen LogP contribution in [-0.4, -0.2) is 5.97 Å². The average Bonchev–Trinajstić information content (AvgIpc) is 2.44. The molecule has 0 fully saturated rings. The van der Waals surface area contributed by atoms with Gasteiger partial charge in [0.25, 0.3) is 0 Å². The van der Waals surface area contributed by atoms with Gasteiger partial charge in [0, 0.05) is 15.7 Å². The fourth-order valence-electron chi connectivity index (χ4n) is 1.69. The number of rotatable bonds is 6. The van der Waals surface area contributed by atoms with Gasteiger partial charge in [-0.05, 0) is 51.2 Å². The summed E-state index contributed by atoms with van der Waals surface area (Å²) < 4.78 is 0. The van der Waals surface area contributed by atoms with Crippen LogP contribution in [0.5, 0.6) is 0 Å². The van der Waals surface area contributed by atoms with Crippen LogP contribution >= 0.6 is 11.3 Å². The number of carbonyl (C=O) groups excluding carboxylic acids is 1. The van der Waals surface area contributed by atoms with Gasteiger partial charge < -0.3 is 9.90 Å². The smallest absolute Gasteiger partial charge is 0.550 e. The SMILES string of the molecule is Cc1cc(CCCCCC(=O)[O-])c(C)s1.[K+]. The van der Waals surface area contributed by atoms with Gasteiger partial charge in [-0.25, -0.2) is 0 Å². The van der Waals surface area contributed by atoms with Crippen LogP contribution in [0, 0.1) is 13.8 Å². The molecule has 0 N–H and O–H groups in total. The molecular weight excluding hydrogens is 247 g/mol. The monoisotopic (exact) mass is 264 g/mol. The maximum absolute atomic E-state index is 10.2. The van der Waals surface area contributed by atoms with Gasteiger partial charge in [-0.2, -0.15) is 0 Å². The molecule has 0 bridgehead atoms. The first-order chi connectivity index (χ1) is 7.09. The van der Waals surface area contributed by atoms with E-state index in [0.29, 0.717) is 0 Å². The van der Waals surface area contributed by atoms with Gasteiger partial charge in [-0.15, -0.1) is 11.3 Å². The molecule has 4 heteroatoms. The molecule has 0 spiro atoms. The summed E-state index contributed by atoms with van der Waals surface area (Å²) in [6.07, 6.45) is 4.06. The van der Waals surface area contributed by atoms with E-state index >= 15 is 0 Å². The van der Waals surface area contributed by atoms with Crippen molar-refractivity contribution in [2.75, 3.05) is 0 Å². The van der Waals surface area contributed by atoms with Crippen molar-refractivity contribution in [2.45, 2.75) is 46.0 Å². The van der Waals surface area contributed by atoms with Crippen LogP contribution in [-0.2, 0) is 11.2 Å². The molecular formula is C12H17KO2S. The minimum Gasteiger partial charge on any atom is -0.550 e. The Balaban J connectivity index is 0.00000225. The predicted molar refractivity (Wildman–Crippen MR) is 61.0 cm³/mol. The van der Waals surface area contributed by atoms with E-state index < -0.39 is 5.97 Å². The Bertz CT molecular complexity index is 334. The van der Waals surface area contributed by atoms with Crippen molar-refractivity contribution in [3.05, 3.63) is 21.4 Å². The van der Waals surface area contributed by atoms with E-state index in [-0.39, 0.29) is 57.8 Å². The fraction of sp³-hybridized carbons (Fsp3) is 0.583. The predicted octanol–water partition coefficient (Wildman–Crippen LogP) is -0.778. The van der Waals surface area contributed by atoms with E-state index in [4.69, 9.17) is 0 Å². The molecule has 0 saturated carbocycles. The Morgan fingerprint density at radius 1 is 1.31 bits per heavy atom. The molecule has 1 aromatic rings. The van der Waals surface area contributed by atoms with E-state index in [9.17, 15) is 9.90 Å². The summed E-state index contributed by atoms with van der Waals surface area (Å²) in [7, 11) is 0. The van der Waals surface area contributed by atoms with Crippen molar-refractivity contribution in [3.63, 3.8) is 0 Å². The summed E-state index contributed by atoms with van der Waals surface area (Å²) in [5.41, 5.74) is 1.42. The van der Waals surface area contributed by atoms with Gasteiger partial charge in [-0.3, -0.25) is 0 Å². The zero-order valence-corrected chi connectivity index (χ0v) is 14.3. The maximum Gasteiger partial charge on any atom is 1.00 e. The van der Waals surface area contributed by atoms with E-state index in [1.807, 2.05) is 11.3 Å².